The largest absolute Gasteiger partial charge is 0.449 e. The number of benzene rings is 2. The number of rotatable bonds is 4. The number of hydrogen-bond donors (Lipinski definition) is 1. The van der Waals surface area contributed by atoms with Gasteiger partial charge in [-0.3, -0.25) is 4.79 Å². The van der Waals surface area contributed by atoms with Gasteiger partial charge in [0.25, 0.3) is 5.91 Å². The van der Waals surface area contributed by atoms with E-state index < -0.39 is 36.2 Å². The maximum Gasteiger partial charge on any atom is 0.449 e. The minimum atomic E-state index is -4.93. The molecule has 1 aliphatic rings. The lowest BCUT2D eigenvalue weighted by atomic mass is 10.0. The van der Waals surface area contributed by atoms with Crippen molar-refractivity contribution >= 4 is 22.6 Å². The van der Waals surface area contributed by atoms with Crippen molar-refractivity contribution in [1.82, 2.24) is 9.55 Å². The van der Waals surface area contributed by atoms with Crippen molar-refractivity contribution in [2.45, 2.75) is 25.8 Å². The number of imidazole rings is 1. The zero-order valence-electron chi connectivity index (χ0n) is 17.9. The van der Waals surface area contributed by atoms with Crippen molar-refractivity contribution in [3.63, 3.8) is 0 Å². The molecule has 0 saturated carbocycles. The van der Waals surface area contributed by atoms with Gasteiger partial charge in [0, 0.05) is 25.3 Å². The van der Waals surface area contributed by atoms with Gasteiger partial charge in [-0.1, -0.05) is 12.1 Å². The first kappa shape index (κ1) is 23.9. The standard InChI is InChI=1S/C22H20F6N4O2/c1-12-13(3-2-4-16(12)21(23,24)25)11-32-17-10-14(31-5-7-34-8-6-31)9-15(19(29)33)18(17)30-20(32)22(26,27)28/h2-4,9-10H,5-8,11H2,1H3,(H2,29,33). The van der Waals surface area contributed by atoms with Gasteiger partial charge < -0.3 is 19.9 Å². The van der Waals surface area contributed by atoms with Crippen LogP contribution >= 0.6 is 0 Å². The van der Waals surface area contributed by atoms with E-state index in [1.54, 1.807) is 0 Å². The Morgan fingerprint density at radius 2 is 1.76 bits per heavy atom. The third-order valence-electron chi connectivity index (χ3n) is 5.81. The highest BCUT2D eigenvalue weighted by molar-refractivity contribution is 6.05. The molecule has 0 bridgehead atoms. The molecule has 0 radical (unpaired) electrons. The normalized spacial score (nSPS) is 15.2. The number of primary amides is 1. The predicted molar refractivity (Wildman–Crippen MR) is 112 cm³/mol. The molecule has 0 unspecified atom stereocenters. The van der Waals surface area contributed by atoms with E-state index in [1.165, 1.54) is 25.1 Å². The summed E-state index contributed by atoms with van der Waals surface area (Å²) in [6.07, 6.45) is -9.59. The van der Waals surface area contributed by atoms with Crippen molar-refractivity contribution < 1.29 is 35.9 Å². The van der Waals surface area contributed by atoms with Crippen molar-refractivity contribution in [2.24, 2.45) is 5.73 Å². The summed E-state index contributed by atoms with van der Waals surface area (Å²) in [6, 6.07) is 6.17. The van der Waals surface area contributed by atoms with Crippen LogP contribution in [0, 0.1) is 6.92 Å². The molecule has 4 rings (SSSR count). The van der Waals surface area contributed by atoms with E-state index in [2.05, 4.69) is 4.98 Å². The average Bonchev–Trinajstić information content (AvgIpc) is 3.13. The van der Waals surface area contributed by atoms with Crippen molar-refractivity contribution in [3.8, 4) is 0 Å². The summed E-state index contributed by atoms with van der Waals surface area (Å²) < 4.78 is 88.0. The molecule has 0 aliphatic carbocycles. The molecule has 1 aliphatic heterocycles. The number of anilines is 1. The molecule has 0 spiro atoms. The number of hydrogen-bond acceptors (Lipinski definition) is 4. The first-order chi connectivity index (χ1) is 15.9. The number of nitrogens with zero attached hydrogens (tertiary/aromatic N) is 3. The van der Waals surface area contributed by atoms with Gasteiger partial charge in [-0.2, -0.15) is 26.3 Å². The van der Waals surface area contributed by atoms with E-state index in [9.17, 15) is 31.1 Å². The fourth-order valence-corrected chi connectivity index (χ4v) is 4.11. The molecule has 2 heterocycles. The smallest absolute Gasteiger partial charge is 0.378 e. The van der Waals surface area contributed by atoms with Crippen LogP contribution in [0.1, 0.15) is 32.9 Å². The highest BCUT2D eigenvalue weighted by atomic mass is 19.4. The maximum absolute atomic E-state index is 13.9. The fourth-order valence-electron chi connectivity index (χ4n) is 4.11. The lowest BCUT2D eigenvalue weighted by molar-refractivity contribution is -0.146. The Bertz CT molecular complexity index is 1240. The van der Waals surface area contributed by atoms with E-state index in [1.807, 2.05) is 4.90 Å². The summed E-state index contributed by atoms with van der Waals surface area (Å²) in [5.41, 5.74) is 4.29. The maximum atomic E-state index is 13.9. The van der Waals surface area contributed by atoms with Crippen LogP contribution in [0.25, 0.3) is 11.0 Å². The minimum absolute atomic E-state index is 0.0389. The molecule has 1 aromatic heterocycles. The monoisotopic (exact) mass is 486 g/mol. The topological polar surface area (TPSA) is 73.4 Å². The predicted octanol–water partition coefficient (Wildman–Crippen LogP) is 4.37. The Morgan fingerprint density at radius 1 is 1.09 bits per heavy atom. The Labute approximate surface area is 189 Å². The number of nitrogens with two attached hydrogens (primary N) is 1. The van der Waals surface area contributed by atoms with Gasteiger partial charge in [-0.05, 0) is 36.2 Å². The fraction of sp³-hybridized carbons (Fsp3) is 0.364. The molecule has 3 aromatic rings. The zero-order valence-corrected chi connectivity index (χ0v) is 17.9. The Balaban J connectivity index is 1.95. The van der Waals surface area contributed by atoms with Crippen LogP contribution in [0.4, 0.5) is 32.0 Å². The molecule has 182 valence electrons. The first-order valence-corrected chi connectivity index (χ1v) is 10.3. The number of alkyl halides is 6. The molecular weight excluding hydrogens is 466 g/mol. The second kappa shape index (κ2) is 8.49. The number of ether oxygens (including phenoxy) is 1. The molecule has 1 amide bonds. The van der Waals surface area contributed by atoms with Crippen LogP contribution in [0.15, 0.2) is 30.3 Å². The van der Waals surface area contributed by atoms with Gasteiger partial charge in [0.15, 0.2) is 0 Å². The molecule has 6 nitrogen and oxygen atoms in total. The summed E-state index contributed by atoms with van der Waals surface area (Å²) >= 11 is 0. The van der Waals surface area contributed by atoms with Crippen LogP contribution in [-0.4, -0.2) is 41.8 Å². The van der Waals surface area contributed by atoms with Gasteiger partial charge in [0.2, 0.25) is 5.82 Å². The van der Waals surface area contributed by atoms with E-state index in [4.69, 9.17) is 10.5 Å². The molecule has 1 saturated heterocycles. The third kappa shape index (κ3) is 4.41. The van der Waals surface area contributed by atoms with Crippen molar-refractivity contribution in [1.29, 1.82) is 0 Å². The molecule has 2 N–H and O–H groups in total. The first-order valence-electron chi connectivity index (χ1n) is 10.3. The summed E-state index contributed by atoms with van der Waals surface area (Å²) in [5.74, 6) is -2.30. The van der Waals surface area contributed by atoms with E-state index in [0.717, 1.165) is 16.7 Å². The van der Waals surface area contributed by atoms with E-state index >= 15 is 0 Å². The molecule has 1 fully saturated rings. The quantitative estimate of drug-likeness (QED) is 0.556. The summed E-state index contributed by atoms with van der Waals surface area (Å²) in [4.78, 5) is 17.6. The highest BCUT2D eigenvalue weighted by Crippen LogP contribution is 2.37. The van der Waals surface area contributed by atoms with Crippen molar-refractivity contribution in [2.75, 3.05) is 31.2 Å². The van der Waals surface area contributed by atoms with Gasteiger partial charge in [-0.25, -0.2) is 4.98 Å². The number of halogens is 6. The van der Waals surface area contributed by atoms with Crippen LogP contribution in [0.3, 0.4) is 0 Å². The van der Waals surface area contributed by atoms with Crippen molar-refractivity contribution in [3.05, 3.63) is 58.4 Å². The SMILES string of the molecule is Cc1c(Cn2c(C(F)(F)F)nc3c(C(N)=O)cc(N4CCOCC4)cc32)cccc1C(F)(F)F. The lowest BCUT2D eigenvalue weighted by Gasteiger charge is -2.29. The molecule has 12 heteroatoms. The van der Waals surface area contributed by atoms with Crippen LogP contribution in [-0.2, 0) is 23.6 Å². The number of fused-ring (bicyclic) bond motifs is 1. The number of amides is 1. The number of carbonyl (C=O) groups is 1. The van der Waals surface area contributed by atoms with E-state index in [-0.39, 0.29) is 27.7 Å². The Morgan fingerprint density at radius 3 is 2.35 bits per heavy atom. The lowest BCUT2D eigenvalue weighted by Crippen LogP contribution is -2.36. The van der Waals surface area contributed by atoms with Crippen LogP contribution in [0.2, 0.25) is 0 Å². The number of morpholine rings is 1. The third-order valence-corrected chi connectivity index (χ3v) is 5.81. The Kier molecular flexibility index (Phi) is 5.96. The second-order valence-corrected chi connectivity index (χ2v) is 7.93. The zero-order chi connectivity index (χ0) is 24.8. The van der Waals surface area contributed by atoms with Gasteiger partial charge >= 0.3 is 12.4 Å². The summed E-state index contributed by atoms with van der Waals surface area (Å²) in [7, 11) is 0. The molecule has 0 atom stereocenters. The number of aromatic nitrogens is 2. The van der Waals surface area contributed by atoms with Gasteiger partial charge in [-0.15, -0.1) is 0 Å². The Hall–Kier alpha value is -3.28. The highest BCUT2D eigenvalue weighted by Gasteiger charge is 2.39. The molecular formula is C22H20F6N4O2. The summed E-state index contributed by atoms with van der Waals surface area (Å²) in [5, 5.41) is 0. The van der Waals surface area contributed by atoms with Crippen LogP contribution < -0.4 is 10.6 Å². The second-order valence-electron chi connectivity index (χ2n) is 7.93. The summed E-state index contributed by atoms with van der Waals surface area (Å²) in [6.45, 7) is 2.33. The molecule has 2 aromatic carbocycles. The average molecular weight is 486 g/mol. The van der Waals surface area contributed by atoms with Gasteiger partial charge in [0.05, 0.1) is 29.9 Å². The minimum Gasteiger partial charge on any atom is -0.378 e. The number of carbonyl (C=O) groups excluding carboxylic acids is 1. The molecule has 34 heavy (non-hydrogen) atoms. The van der Waals surface area contributed by atoms with Crippen LogP contribution in [0.5, 0.6) is 0 Å². The van der Waals surface area contributed by atoms with Gasteiger partial charge in [0.1, 0.15) is 5.52 Å². The van der Waals surface area contributed by atoms with E-state index in [0.29, 0.717) is 32.0 Å².